The second-order valence-corrected chi connectivity index (χ2v) is 7.72. The summed E-state index contributed by atoms with van der Waals surface area (Å²) in [6.45, 7) is 1.98. The molecule has 8 nitrogen and oxygen atoms in total. The number of nitrogens with one attached hydrogen (secondary N) is 1. The van der Waals surface area contributed by atoms with E-state index in [0.717, 1.165) is 5.69 Å². The van der Waals surface area contributed by atoms with Gasteiger partial charge in [-0.25, -0.2) is 4.98 Å². The minimum atomic E-state index is -0.141. The molecule has 0 bridgehead atoms. The molecule has 1 fully saturated rings. The Kier molecular flexibility index (Phi) is 6.45. The van der Waals surface area contributed by atoms with Gasteiger partial charge in [0, 0.05) is 38.0 Å². The van der Waals surface area contributed by atoms with Crippen molar-refractivity contribution in [3.8, 4) is 5.75 Å². The summed E-state index contributed by atoms with van der Waals surface area (Å²) in [6.07, 6.45) is 3.18. The van der Waals surface area contributed by atoms with Crippen molar-refractivity contribution < 1.29 is 19.1 Å². The van der Waals surface area contributed by atoms with Crippen molar-refractivity contribution in [2.45, 2.75) is 25.7 Å². The molecule has 31 heavy (non-hydrogen) atoms. The minimum Gasteiger partial charge on any atom is -0.490 e. The monoisotopic (exact) mass is 422 g/mol. The Labute approximate surface area is 181 Å². The number of piperidine rings is 1. The number of nitrogens with zero attached hydrogens (tertiary/aromatic N) is 3. The number of benzene rings is 1. The van der Waals surface area contributed by atoms with E-state index in [1.54, 1.807) is 28.1 Å². The normalized spacial score (nSPS) is 16.3. The van der Waals surface area contributed by atoms with Gasteiger partial charge in [-0.3, -0.25) is 14.4 Å². The first-order valence-corrected chi connectivity index (χ1v) is 10.6. The average molecular weight is 422 g/mol. The molecule has 162 valence electrons. The van der Waals surface area contributed by atoms with E-state index in [2.05, 4.69) is 10.3 Å². The second kappa shape index (κ2) is 9.59. The lowest BCUT2D eigenvalue weighted by Gasteiger charge is -2.32. The van der Waals surface area contributed by atoms with Gasteiger partial charge < -0.3 is 19.9 Å². The van der Waals surface area contributed by atoms with Crippen molar-refractivity contribution in [1.82, 2.24) is 9.88 Å². The largest absolute Gasteiger partial charge is 0.490 e. The van der Waals surface area contributed by atoms with Crippen molar-refractivity contribution in [2.75, 3.05) is 36.5 Å². The molecule has 3 amide bonds. The quantitative estimate of drug-likeness (QED) is 0.799. The first kappa shape index (κ1) is 20.8. The molecule has 8 heteroatoms. The van der Waals surface area contributed by atoms with Crippen LogP contribution < -0.4 is 15.0 Å². The third-order valence-corrected chi connectivity index (χ3v) is 5.72. The van der Waals surface area contributed by atoms with E-state index < -0.39 is 0 Å². The van der Waals surface area contributed by atoms with E-state index >= 15 is 0 Å². The average Bonchev–Trinajstić information content (AvgIpc) is 2.82. The molecule has 0 unspecified atom stereocenters. The molecule has 1 aromatic heterocycles. The maximum atomic E-state index is 12.7. The van der Waals surface area contributed by atoms with Crippen LogP contribution in [0.25, 0.3) is 0 Å². The Morgan fingerprint density at radius 1 is 0.968 bits per heavy atom. The lowest BCUT2D eigenvalue weighted by molar-refractivity contribution is -0.135. The lowest BCUT2D eigenvalue weighted by atomic mass is 9.95. The number of anilines is 2. The number of hydrogen-bond acceptors (Lipinski definition) is 5. The molecule has 0 aliphatic carbocycles. The number of hydrogen-bond donors (Lipinski definition) is 1. The second-order valence-electron chi connectivity index (χ2n) is 7.72. The van der Waals surface area contributed by atoms with Crippen LogP contribution in [-0.2, 0) is 14.4 Å². The third-order valence-electron chi connectivity index (χ3n) is 5.72. The molecule has 1 aromatic carbocycles. The summed E-state index contributed by atoms with van der Waals surface area (Å²) < 4.78 is 5.59. The van der Waals surface area contributed by atoms with Crippen molar-refractivity contribution in [1.29, 1.82) is 0 Å². The number of aromatic nitrogens is 1. The van der Waals surface area contributed by atoms with Crippen LogP contribution in [0.1, 0.15) is 25.7 Å². The maximum absolute atomic E-state index is 12.7. The molecule has 1 saturated heterocycles. The summed E-state index contributed by atoms with van der Waals surface area (Å²) in [7, 11) is 0. The number of carbonyl (C=O) groups is 3. The van der Waals surface area contributed by atoms with E-state index in [4.69, 9.17) is 4.74 Å². The Hall–Kier alpha value is -3.42. The van der Waals surface area contributed by atoms with Crippen LogP contribution in [0.5, 0.6) is 5.75 Å². The number of ether oxygens (including phenoxy) is 1. The molecule has 2 aliphatic heterocycles. The molecule has 4 rings (SSSR count). The Morgan fingerprint density at radius 3 is 2.48 bits per heavy atom. The summed E-state index contributed by atoms with van der Waals surface area (Å²) in [5, 5.41) is 2.83. The zero-order valence-corrected chi connectivity index (χ0v) is 17.3. The van der Waals surface area contributed by atoms with Gasteiger partial charge in [0.25, 0.3) is 0 Å². The Balaban J connectivity index is 1.23. The number of para-hydroxylation sites is 2. The predicted molar refractivity (Wildman–Crippen MR) is 116 cm³/mol. The molecular formula is C23H26N4O4. The van der Waals surface area contributed by atoms with Crippen LogP contribution >= 0.6 is 0 Å². The van der Waals surface area contributed by atoms with E-state index in [1.165, 1.54) is 0 Å². The zero-order valence-electron chi connectivity index (χ0n) is 17.3. The SMILES string of the molecule is O=C(Nc1ccccn1)C1CCN(C(=O)CCC(=O)N2CCOc3ccccc32)CC1. The topological polar surface area (TPSA) is 91.8 Å². The molecule has 0 atom stereocenters. The number of fused-ring (bicyclic) bond motifs is 1. The van der Waals surface area contributed by atoms with Crippen LogP contribution in [0.4, 0.5) is 11.5 Å². The standard InChI is InChI=1S/C23H26N4O4/c28-21(8-9-22(29)27-15-16-31-19-6-2-1-5-18(19)27)26-13-10-17(11-14-26)23(30)25-20-7-3-4-12-24-20/h1-7,12,17H,8-11,13-16H2,(H,24,25,30). The minimum absolute atomic E-state index is 0.0431. The Morgan fingerprint density at radius 2 is 1.71 bits per heavy atom. The van der Waals surface area contributed by atoms with E-state index in [0.29, 0.717) is 50.7 Å². The van der Waals surface area contributed by atoms with Gasteiger partial charge in [0.1, 0.15) is 18.2 Å². The first-order valence-electron chi connectivity index (χ1n) is 10.6. The molecule has 1 N–H and O–H groups in total. The molecule has 2 aromatic rings. The van der Waals surface area contributed by atoms with Gasteiger partial charge in [0.05, 0.1) is 12.2 Å². The number of amides is 3. The highest BCUT2D eigenvalue weighted by molar-refractivity contribution is 5.97. The summed E-state index contributed by atoms with van der Waals surface area (Å²) in [5.41, 5.74) is 0.755. The predicted octanol–water partition coefficient (Wildman–Crippen LogP) is 2.46. The summed E-state index contributed by atoms with van der Waals surface area (Å²) in [6, 6.07) is 12.8. The molecular weight excluding hydrogens is 396 g/mol. The highest BCUT2D eigenvalue weighted by Gasteiger charge is 2.29. The van der Waals surface area contributed by atoms with Gasteiger partial charge in [-0.05, 0) is 37.1 Å². The smallest absolute Gasteiger partial charge is 0.228 e. The lowest BCUT2D eigenvalue weighted by Crippen LogP contribution is -2.42. The molecule has 3 heterocycles. The van der Waals surface area contributed by atoms with E-state index in [-0.39, 0.29) is 36.5 Å². The van der Waals surface area contributed by atoms with Crippen molar-refractivity contribution in [3.05, 3.63) is 48.7 Å². The van der Waals surface area contributed by atoms with Crippen molar-refractivity contribution in [2.24, 2.45) is 5.92 Å². The van der Waals surface area contributed by atoms with E-state index in [9.17, 15) is 14.4 Å². The number of carbonyl (C=O) groups excluding carboxylic acids is 3. The van der Waals surface area contributed by atoms with Gasteiger partial charge in [0.2, 0.25) is 17.7 Å². The molecule has 0 saturated carbocycles. The highest BCUT2D eigenvalue weighted by Crippen LogP contribution is 2.31. The van der Waals surface area contributed by atoms with Crippen molar-refractivity contribution in [3.63, 3.8) is 0 Å². The van der Waals surface area contributed by atoms with Gasteiger partial charge in [0.15, 0.2) is 0 Å². The molecule has 0 radical (unpaired) electrons. The van der Waals surface area contributed by atoms with Crippen LogP contribution in [0.2, 0.25) is 0 Å². The zero-order chi connectivity index (χ0) is 21.6. The number of rotatable bonds is 5. The fourth-order valence-corrected chi connectivity index (χ4v) is 3.99. The van der Waals surface area contributed by atoms with Gasteiger partial charge in [-0.15, -0.1) is 0 Å². The van der Waals surface area contributed by atoms with Crippen molar-refractivity contribution >= 4 is 29.2 Å². The fourth-order valence-electron chi connectivity index (χ4n) is 3.99. The first-order chi connectivity index (χ1) is 15.1. The van der Waals surface area contributed by atoms with E-state index in [1.807, 2.05) is 30.3 Å². The Bertz CT molecular complexity index is 942. The van der Waals surface area contributed by atoms with Gasteiger partial charge in [-0.1, -0.05) is 18.2 Å². The van der Waals surface area contributed by atoms with Crippen LogP contribution in [0.3, 0.4) is 0 Å². The third kappa shape index (κ3) is 5.02. The molecule has 2 aliphatic rings. The number of likely N-dealkylation sites (tertiary alicyclic amines) is 1. The van der Waals surface area contributed by atoms with Crippen LogP contribution in [-0.4, -0.2) is 53.8 Å². The highest BCUT2D eigenvalue weighted by atomic mass is 16.5. The van der Waals surface area contributed by atoms with Crippen LogP contribution in [0.15, 0.2) is 48.7 Å². The maximum Gasteiger partial charge on any atom is 0.228 e. The summed E-state index contributed by atoms with van der Waals surface area (Å²) in [4.78, 5) is 45.3. The van der Waals surface area contributed by atoms with Crippen LogP contribution in [0, 0.1) is 5.92 Å². The summed E-state index contributed by atoms with van der Waals surface area (Å²) >= 11 is 0. The molecule has 0 spiro atoms. The number of pyridine rings is 1. The fraction of sp³-hybridized carbons (Fsp3) is 0.391. The van der Waals surface area contributed by atoms with Gasteiger partial charge in [-0.2, -0.15) is 0 Å². The summed E-state index contributed by atoms with van der Waals surface area (Å²) in [5.74, 6) is 0.908. The van der Waals surface area contributed by atoms with Gasteiger partial charge >= 0.3 is 0 Å².